The molecule has 0 fully saturated rings. The molecule has 0 spiro atoms. The van der Waals surface area contributed by atoms with E-state index in [0.29, 0.717) is 11.8 Å². The van der Waals surface area contributed by atoms with Gasteiger partial charge < -0.3 is 4.90 Å². The molecule has 3 heteroatoms. The normalized spacial score (nSPS) is 12.3. The van der Waals surface area contributed by atoms with Crippen LogP contribution in [0.1, 0.15) is 26.7 Å². The molecular weight excluding hydrogens is 138 g/mol. The topological polar surface area (TPSA) is 50.9 Å². The molecule has 0 amide bonds. The maximum atomic E-state index is 7.50. The first kappa shape index (κ1) is 10.1. The van der Waals surface area contributed by atoms with E-state index in [-0.39, 0.29) is 0 Å². The molecule has 0 aromatic heterocycles. The lowest BCUT2D eigenvalue weighted by Gasteiger charge is -2.16. The highest BCUT2D eigenvalue weighted by molar-refractivity contribution is 5.88. The Labute approximate surface area is 68.4 Å². The lowest BCUT2D eigenvalue weighted by Crippen LogP contribution is -2.25. The van der Waals surface area contributed by atoms with Crippen molar-refractivity contribution in [3.63, 3.8) is 0 Å². The summed E-state index contributed by atoms with van der Waals surface area (Å²) < 4.78 is 0. The van der Waals surface area contributed by atoms with Gasteiger partial charge in [0, 0.05) is 13.5 Å². The molecule has 0 aliphatic carbocycles. The molecule has 0 aliphatic heterocycles. The first-order valence-electron chi connectivity index (χ1n) is 3.92. The first-order valence-corrected chi connectivity index (χ1v) is 3.92. The average Bonchev–Trinajstić information content (AvgIpc) is 2.02. The van der Waals surface area contributed by atoms with E-state index in [1.165, 1.54) is 11.2 Å². The van der Waals surface area contributed by atoms with Crippen molar-refractivity contribution in [3.8, 4) is 0 Å². The van der Waals surface area contributed by atoms with Crippen molar-refractivity contribution in [2.45, 2.75) is 26.7 Å². The largest absolute Gasteiger partial charge is 0.325 e. The van der Waals surface area contributed by atoms with Crippen LogP contribution in [0.2, 0.25) is 0 Å². The van der Waals surface area contributed by atoms with E-state index in [1.54, 1.807) is 7.05 Å². The smallest absolute Gasteiger partial charge is 0.101 e. The molecule has 0 radical (unpaired) electrons. The van der Waals surface area contributed by atoms with Crippen molar-refractivity contribution in [2.75, 3.05) is 7.05 Å². The van der Waals surface area contributed by atoms with E-state index in [1.807, 2.05) is 0 Å². The standard InChI is InChI=1S/C8H17N3/c1-4-7(2)5-8(10)11(3)6-9/h6-7,9-10H,4-5H2,1-3H3. The van der Waals surface area contributed by atoms with E-state index < -0.39 is 0 Å². The van der Waals surface area contributed by atoms with Crippen molar-refractivity contribution in [3.05, 3.63) is 0 Å². The molecule has 0 aromatic rings. The molecule has 3 nitrogen and oxygen atoms in total. The SMILES string of the molecule is CCC(C)CC(=N)N(C)C=N. The summed E-state index contributed by atoms with van der Waals surface area (Å²) in [6.07, 6.45) is 3.03. The van der Waals surface area contributed by atoms with E-state index >= 15 is 0 Å². The van der Waals surface area contributed by atoms with Crippen LogP contribution in [0.5, 0.6) is 0 Å². The van der Waals surface area contributed by atoms with Gasteiger partial charge in [0.2, 0.25) is 0 Å². The van der Waals surface area contributed by atoms with Crippen LogP contribution < -0.4 is 0 Å². The Balaban J connectivity index is 3.77. The Bertz CT molecular complexity index is 142. The molecule has 1 unspecified atom stereocenters. The number of rotatable bonds is 4. The molecular formula is C8H17N3. The molecule has 0 bridgehead atoms. The third-order valence-corrected chi connectivity index (χ3v) is 1.86. The predicted molar refractivity (Wildman–Crippen MR) is 48.3 cm³/mol. The third kappa shape index (κ3) is 3.75. The van der Waals surface area contributed by atoms with Crippen molar-refractivity contribution >= 4 is 12.2 Å². The molecule has 2 N–H and O–H groups in total. The van der Waals surface area contributed by atoms with Gasteiger partial charge in [-0.1, -0.05) is 20.3 Å². The summed E-state index contributed by atoms with van der Waals surface area (Å²) in [6.45, 7) is 4.23. The molecule has 0 heterocycles. The zero-order chi connectivity index (χ0) is 8.85. The number of hydrogen-bond donors (Lipinski definition) is 2. The quantitative estimate of drug-likeness (QED) is 0.473. The number of hydrogen-bond acceptors (Lipinski definition) is 2. The minimum atomic E-state index is 0.523. The fourth-order valence-electron chi connectivity index (χ4n) is 0.696. The number of amidine groups is 1. The van der Waals surface area contributed by atoms with E-state index in [2.05, 4.69) is 13.8 Å². The third-order valence-electron chi connectivity index (χ3n) is 1.86. The summed E-state index contributed by atoms with van der Waals surface area (Å²) in [7, 11) is 1.73. The molecule has 0 aromatic carbocycles. The van der Waals surface area contributed by atoms with E-state index in [0.717, 1.165) is 12.8 Å². The summed E-state index contributed by atoms with van der Waals surface area (Å²) in [4.78, 5) is 1.53. The van der Waals surface area contributed by atoms with Crippen molar-refractivity contribution in [1.82, 2.24) is 4.90 Å². The van der Waals surface area contributed by atoms with Gasteiger partial charge in [-0.3, -0.25) is 10.8 Å². The highest BCUT2D eigenvalue weighted by Gasteiger charge is 2.05. The van der Waals surface area contributed by atoms with Crippen LogP contribution in [0.4, 0.5) is 0 Å². The Morgan fingerprint density at radius 3 is 2.55 bits per heavy atom. The second-order valence-corrected chi connectivity index (χ2v) is 2.90. The second kappa shape index (κ2) is 4.88. The minimum Gasteiger partial charge on any atom is -0.325 e. The molecule has 11 heavy (non-hydrogen) atoms. The van der Waals surface area contributed by atoms with Gasteiger partial charge in [0.15, 0.2) is 0 Å². The molecule has 0 saturated heterocycles. The Morgan fingerprint density at radius 2 is 2.18 bits per heavy atom. The molecule has 0 aliphatic rings. The predicted octanol–water partition coefficient (Wildman–Crippen LogP) is 1.94. The molecule has 64 valence electrons. The zero-order valence-electron chi connectivity index (χ0n) is 7.52. The van der Waals surface area contributed by atoms with Gasteiger partial charge in [-0.15, -0.1) is 0 Å². The monoisotopic (exact) mass is 155 g/mol. The van der Waals surface area contributed by atoms with Gasteiger partial charge in [-0.2, -0.15) is 0 Å². The Kier molecular flexibility index (Phi) is 4.50. The van der Waals surface area contributed by atoms with Crippen molar-refractivity contribution in [1.29, 1.82) is 10.8 Å². The fourth-order valence-corrected chi connectivity index (χ4v) is 0.696. The van der Waals surface area contributed by atoms with Crippen LogP contribution in [0, 0.1) is 16.7 Å². The lowest BCUT2D eigenvalue weighted by molar-refractivity contribution is 0.559. The summed E-state index contributed by atoms with van der Waals surface area (Å²) in [5.41, 5.74) is 0. The van der Waals surface area contributed by atoms with Crippen LogP contribution in [-0.2, 0) is 0 Å². The van der Waals surface area contributed by atoms with Crippen LogP contribution >= 0.6 is 0 Å². The van der Waals surface area contributed by atoms with Crippen LogP contribution in [-0.4, -0.2) is 24.1 Å². The Morgan fingerprint density at radius 1 is 1.64 bits per heavy atom. The van der Waals surface area contributed by atoms with Gasteiger partial charge in [0.25, 0.3) is 0 Å². The van der Waals surface area contributed by atoms with Crippen molar-refractivity contribution < 1.29 is 0 Å². The molecule has 0 saturated carbocycles. The van der Waals surface area contributed by atoms with Gasteiger partial charge in [0.05, 0.1) is 6.34 Å². The number of nitrogens with zero attached hydrogens (tertiary/aromatic N) is 1. The maximum absolute atomic E-state index is 7.50. The average molecular weight is 155 g/mol. The van der Waals surface area contributed by atoms with Gasteiger partial charge in [0.1, 0.15) is 5.84 Å². The van der Waals surface area contributed by atoms with Gasteiger partial charge >= 0.3 is 0 Å². The van der Waals surface area contributed by atoms with Crippen molar-refractivity contribution in [2.24, 2.45) is 5.92 Å². The van der Waals surface area contributed by atoms with E-state index in [4.69, 9.17) is 10.8 Å². The van der Waals surface area contributed by atoms with Gasteiger partial charge in [-0.25, -0.2) is 0 Å². The second-order valence-electron chi connectivity index (χ2n) is 2.90. The first-order chi connectivity index (χ1) is 5.11. The summed E-state index contributed by atoms with van der Waals surface area (Å²) in [5.74, 6) is 1.07. The van der Waals surface area contributed by atoms with Crippen LogP contribution in [0.3, 0.4) is 0 Å². The molecule has 1 atom stereocenters. The van der Waals surface area contributed by atoms with Crippen LogP contribution in [0.15, 0.2) is 0 Å². The number of nitrogens with one attached hydrogen (secondary N) is 2. The van der Waals surface area contributed by atoms with E-state index in [9.17, 15) is 0 Å². The maximum Gasteiger partial charge on any atom is 0.101 e. The van der Waals surface area contributed by atoms with Gasteiger partial charge in [-0.05, 0) is 5.92 Å². The lowest BCUT2D eigenvalue weighted by atomic mass is 10.0. The fraction of sp³-hybridized carbons (Fsp3) is 0.750. The summed E-state index contributed by atoms with van der Waals surface area (Å²) >= 11 is 0. The van der Waals surface area contributed by atoms with Crippen LogP contribution in [0.25, 0.3) is 0 Å². The minimum absolute atomic E-state index is 0.523. The summed E-state index contributed by atoms with van der Waals surface area (Å²) in [6, 6.07) is 0. The highest BCUT2D eigenvalue weighted by atomic mass is 15.1. The zero-order valence-corrected chi connectivity index (χ0v) is 7.52. The highest BCUT2D eigenvalue weighted by Crippen LogP contribution is 2.07. The Hall–Kier alpha value is -0.860. The summed E-state index contributed by atoms with van der Waals surface area (Å²) in [5, 5.41) is 14.4. The molecule has 0 rings (SSSR count).